The molecule has 0 heterocycles. The Hall–Kier alpha value is -1.60. The molecule has 1 aromatic rings. The van der Waals surface area contributed by atoms with Gasteiger partial charge in [-0.1, -0.05) is 17.5 Å². The van der Waals surface area contributed by atoms with Crippen LogP contribution in [0, 0.1) is 23.5 Å². The van der Waals surface area contributed by atoms with Gasteiger partial charge in [-0.05, 0) is 12.1 Å². The van der Waals surface area contributed by atoms with Crippen molar-refractivity contribution in [2.75, 3.05) is 7.11 Å². The third-order valence-corrected chi connectivity index (χ3v) is 1.87. The number of halogens is 3. The van der Waals surface area contributed by atoms with Crippen LogP contribution >= 0.6 is 11.6 Å². The van der Waals surface area contributed by atoms with Crippen molar-refractivity contribution in [2.24, 2.45) is 0 Å². The van der Waals surface area contributed by atoms with Crippen LogP contribution in [0.3, 0.4) is 0 Å². The minimum atomic E-state index is -0.993. The molecule has 0 aromatic heterocycles. The van der Waals surface area contributed by atoms with Gasteiger partial charge >= 0.3 is 5.97 Å². The van der Waals surface area contributed by atoms with E-state index >= 15 is 0 Å². The van der Waals surface area contributed by atoms with Gasteiger partial charge in [0.25, 0.3) is 0 Å². The first kappa shape index (κ1) is 11.5. The van der Waals surface area contributed by atoms with E-state index in [-0.39, 0.29) is 5.56 Å². The summed E-state index contributed by atoms with van der Waals surface area (Å²) in [6.45, 7) is 0. The van der Waals surface area contributed by atoms with E-state index in [9.17, 15) is 13.6 Å². The number of hydrogen-bond donors (Lipinski definition) is 0. The molecule has 5 heteroatoms. The molecule has 0 fully saturated rings. The van der Waals surface area contributed by atoms with Crippen LogP contribution in [0.4, 0.5) is 8.78 Å². The lowest BCUT2D eigenvalue weighted by atomic mass is 10.2. The number of carbonyl (C=O) groups is 1. The second kappa shape index (κ2) is 4.76. The van der Waals surface area contributed by atoms with Crippen LogP contribution in [0.15, 0.2) is 12.1 Å². The van der Waals surface area contributed by atoms with Crippen molar-refractivity contribution >= 4 is 17.6 Å². The van der Waals surface area contributed by atoms with Gasteiger partial charge in [-0.25, -0.2) is 13.6 Å². The highest BCUT2D eigenvalue weighted by atomic mass is 35.5. The van der Waals surface area contributed by atoms with Crippen LogP contribution in [0.5, 0.6) is 0 Å². The number of benzene rings is 1. The number of rotatable bonds is 0. The fourth-order valence-corrected chi connectivity index (χ4v) is 0.957. The highest BCUT2D eigenvalue weighted by Gasteiger charge is 2.09. The molecule has 0 bridgehead atoms. The second-order valence-corrected chi connectivity index (χ2v) is 2.84. The summed E-state index contributed by atoms with van der Waals surface area (Å²) < 4.78 is 30.1. The van der Waals surface area contributed by atoms with Crippen molar-refractivity contribution in [3.63, 3.8) is 0 Å². The van der Waals surface area contributed by atoms with Gasteiger partial charge in [-0.2, -0.15) is 0 Å². The van der Waals surface area contributed by atoms with Gasteiger partial charge in [0, 0.05) is 5.92 Å². The lowest BCUT2D eigenvalue weighted by Crippen LogP contribution is -1.95. The maximum Gasteiger partial charge on any atom is 0.384 e. The lowest BCUT2D eigenvalue weighted by Gasteiger charge is -1.97. The predicted molar refractivity (Wildman–Crippen MR) is 50.3 cm³/mol. The summed E-state index contributed by atoms with van der Waals surface area (Å²) in [5, 5.41) is -0.647. The third-order valence-electron chi connectivity index (χ3n) is 1.52. The molecular weight excluding hydrogens is 226 g/mol. The highest BCUT2D eigenvalue weighted by Crippen LogP contribution is 2.21. The summed E-state index contributed by atoms with van der Waals surface area (Å²) in [6.07, 6.45) is 0. The van der Waals surface area contributed by atoms with Gasteiger partial charge in [-0.15, -0.1) is 0 Å². The molecule has 0 aliphatic heterocycles. The summed E-state index contributed by atoms with van der Waals surface area (Å²) in [6, 6.07) is 2.05. The maximum atomic E-state index is 13.2. The zero-order valence-electron chi connectivity index (χ0n) is 7.61. The zero-order chi connectivity index (χ0) is 11.4. The van der Waals surface area contributed by atoms with Crippen molar-refractivity contribution in [2.45, 2.75) is 0 Å². The molecule has 2 nitrogen and oxygen atoms in total. The van der Waals surface area contributed by atoms with Crippen LogP contribution < -0.4 is 0 Å². The fraction of sp³-hybridized carbons (Fsp3) is 0.100. The number of methoxy groups -OCH3 is 1. The van der Waals surface area contributed by atoms with Crippen molar-refractivity contribution in [1.29, 1.82) is 0 Å². The molecule has 15 heavy (non-hydrogen) atoms. The Morgan fingerprint density at radius 2 is 2.13 bits per heavy atom. The molecular formula is C10H5ClF2O2. The zero-order valence-corrected chi connectivity index (χ0v) is 8.36. The molecule has 0 atom stereocenters. The average Bonchev–Trinajstić information content (AvgIpc) is 2.24. The van der Waals surface area contributed by atoms with Gasteiger partial charge in [0.1, 0.15) is 10.8 Å². The molecule has 0 spiro atoms. The van der Waals surface area contributed by atoms with Gasteiger partial charge in [0.05, 0.1) is 12.7 Å². The topological polar surface area (TPSA) is 26.3 Å². The van der Waals surface area contributed by atoms with E-state index < -0.39 is 22.6 Å². The first-order valence-electron chi connectivity index (χ1n) is 3.79. The number of ether oxygens (including phenoxy) is 1. The van der Waals surface area contributed by atoms with Gasteiger partial charge in [0.15, 0.2) is 5.82 Å². The first-order valence-corrected chi connectivity index (χ1v) is 4.17. The Labute approximate surface area is 89.8 Å². The number of hydrogen-bond acceptors (Lipinski definition) is 2. The molecule has 0 aliphatic rings. The second-order valence-electron chi connectivity index (χ2n) is 2.46. The van der Waals surface area contributed by atoms with E-state index in [0.717, 1.165) is 19.2 Å². The Balaban J connectivity index is 3.10. The summed E-state index contributed by atoms with van der Waals surface area (Å²) in [7, 11) is 1.14. The summed E-state index contributed by atoms with van der Waals surface area (Å²) in [4.78, 5) is 10.6. The number of carbonyl (C=O) groups excluding carboxylic acids is 1. The minimum Gasteiger partial charge on any atom is -0.459 e. The quantitative estimate of drug-likeness (QED) is 0.388. The first-order chi connectivity index (χ1) is 7.06. The van der Waals surface area contributed by atoms with Crippen LogP contribution in [0.25, 0.3) is 0 Å². The van der Waals surface area contributed by atoms with Crippen LogP contribution in [-0.2, 0) is 9.53 Å². The van der Waals surface area contributed by atoms with Gasteiger partial charge < -0.3 is 4.74 Å². The van der Waals surface area contributed by atoms with E-state index in [1.807, 2.05) is 5.92 Å². The molecule has 0 saturated heterocycles. The van der Waals surface area contributed by atoms with Crippen molar-refractivity contribution in [3.05, 3.63) is 34.4 Å². The minimum absolute atomic E-state index is 0.160. The van der Waals surface area contributed by atoms with Crippen LogP contribution in [0.1, 0.15) is 5.56 Å². The van der Waals surface area contributed by atoms with Crippen LogP contribution in [0.2, 0.25) is 5.02 Å². The molecule has 0 saturated carbocycles. The van der Waals surface area contributed by atoms with Crippen molar-refractivity contribution < 1.29 is 18.3 Å². The van der Waals surface area contributed by atoms with Crippen LogP contribution in [-0.4, -0.2) is 13.1 Å². The molecule has 1 rings (SSSR count). The Morgan fingerprint density at radius 3 is 2.73 bits per heavy atom. The largest absolute Gasteiger partial charge is 0.459 e. The fourth-order valence-electron chi connectivity index (χ4n) is 0.792. The normalized spacial score (nSPS) is 9.07. The lowest BCUT2D eigenvalue weighted by molar-refractivity contribution is -0.133. The van der Waals surface area contributed by atoms with Gasteiger partial charge in [0.2, 0.25) is 0 Å². The Morgan fingerprint density at radius 1 is 1.47 bits per heavy atom. The highest BCUT2D eigenvalue weighted by molar-refractivity contribution is 6.31. The van der Waals surface area contributed by atoms with E-state index in [1.54, 1.807) is 0 Å². The maximum absolute atomic E-state index is 13.2. The summed E-state index contributed by atoms with van der Waals surface area (Å²) >= 11 is 5.30. The van der Waals surface area contributed by atoms with E-state index in [1.165, 1.54) is 0 Å². The molecule has 0 amide bonds. The number of esters is 1. The standard InChI is InChI=1S/C10H5ClF2O2/c1-15-8(14)5-3-6-2-4-7(12)9(11)10(6)13/h2,4H,1H3. The van der Waals surface area contributed by atoms with E-state index in [2.05, 4.69) is 10.7 Å². The molecule has 0 N–H and O–H groups in total. The molecule has 0 radical (unpaired) electrons. The van der Waals surface area contributed by atoms with E-state index in [4.69, 9.17) is 11.6 Å². The Bertz CT molecular complexity index is 460. The van der Waals surface area contributed by atoms with Crippen molar-refractivity contribution in [3.8, 4) is 11.8 Å². The smallest absolute Gasteiger partial charge is 0.384 e. The predicted octanol–water partition coefficient (Wildman–Crippen LogP) is 2.14. The Kier molecular flexibility index (Phi) is 3.64. The summed E-state index contributed by atoms with van der Waals surface area (Å²) in [5.74, 6) is 1.50. The van der Waals surface area contributed by atoms with Gasteiger partial charge in [-0.3, -0.25) is 0 Å². The molecule has 0 aliphatic carbocycles. The summed E-state index contributed by atoms with van der Waals surface area (Å²) in [5.41, 5.74) is -0.160. The third kappa shape index (κ3) is 2.67. The monoisotopic (exact) mass is 230 g/mol. The SMILES string of the molecule is COC(=O)C#Cc1ccc(F)c(Cl)c1F. The van der Waals surface area contributed by atoms with Crippen molar-refractivity contribution in [1.82, 2.24) is 0 Å². The molecule has 1 aromatic carbocycles. The average molecular weight is 231 g/mol. The molecule has 0 unspecified atom stereocenters. The van der Waals surface area contributed by atoms with E-state index in [0.29, 0.717) is 0 Å². The molecule has 78 valence electrons.